The number of carbonyl (C=O) groups is 1. The summed E-state index contributed by atoms with van der Waals surface area (Å²) in [5.74, 6) is 0.255. The molecule has 1 heteroatoms. The molecule has 104 valence electrons. The van der Waals surface area contributed by atoms with E-state index < -0.39 is 0 Å². The fraction of sp³-hybridized carbons (Fsp3) is 0.938. The molecule has 0 aromatic heterocycles. The summed E-state index contributed by atoms with van der Waals surface area (Å²) in [5, 5.41) is 0. The van der Waals surface area contributed by atoms with E-state index in [4.69, 9.17) is 0 Å². The monoisotopic (exact) mass is 242 g/mol. The van der Waals surface area contributed by atoms with Crippen LogP contribution >= 0.6 is 0 Å². The molecule has 0 bridgehead atoms. The molecule has 0 amide bonds. The zero-order chi connectivity index (χ0) is 13.4. The first-order chi connectivity index (χ1) is 8.18. The van der Waals surface area contributed by atoms with E-state index in [0.717, 1.165) is 0 Å². The molecule has 1 nitrogen and oxygen atoms in total. The lowest BCUT2D eigenvalue weighted by Gasteiger charge is -1.99. The number of Topliss-reactive ketones (excluding diaryl/α,β-unsaturated/α-hetero) is 1. The summed E-state index contributed by atoms with van der Waals surface area (Å²) in [5.41, 5.74) is 0. The lowest BCUT2D eigenvalue weighted by atomic mass is 10.1. The highest BCUT2D eigenvalue weighted by Gasteiger charge is 1.90. The van der Waals surface area contributed by atoms with Gasteiger partial charge in [0.2, 0.25) is 0 Å². The van der Waals surface area contributed by atoms with Crippen molar-refractivity contribution in [3.05, 3.63) is 0 Å². The van der Waals surface area contributed by atoms with E-state index in [1.807, 2.05) is 6.92 Å². The van der Waals surface area contributed by atoms with Gasteiger partial charge in [0.05, 0.1) is 0 Å². The maximum atomic E-state index is 9.81. The van der Waals surface area contributed by atoms with Crippen LogP contribution in [0, 0.1) is 0 Å². The average molecular weight is 242 g/mol. The standard InChI is InChI=1S/C12H26.C4H8O/c1-3-5-7-9-11-12-10-8-6-4-2;1-3-4(2)5/h3-12H2,1-2H3;3H2,1-2H3. The molecule has 0 unspecified atom stereocenters. The second-order valence-corrected chi connectivity index (χ2v) is 4.88. The highest BCUT2D eigenvalue weighted by atomic mass is 16.1. The van der Waals surface area contributed by atoms with Crippen molar-refractivity contribution in [2.75, 3.05) is 0 Å². The quantitative estimate of drug-likeness (QED) is 0.435. The Kier molecular flexibility index (Phi) is 20.2. The zero-order valence-electron chi connectivity index (χ0n) is 12.7. The van der Waals surface area contributed by atoms with Gasteiger partial charge in [0.1, 0.15) is 5.78 Å². The smallest absolute Gasteiger partial charge is 0.129 e. The molecular formula is C16H34O. The normalized spacial score (nSPS) is 9.65. The molecule has 0 aliphatic carbocycles. The summed E-state index contributed by atoms with van der Waals surface area (Å²) in [6, 6.07) is 0. The molecule has 17 heavy (non-hydrogen) atoms. The highest BCUT2D eigenvalue weighted by molar-refractivity contribution is 5.74. The number of rotatable bonds is 10. The van der Waals surface area contributed by atoms with Gasteiger partial charge >= 0.3 is 0 Å². The van der Waals surface area contributed by atoms with Crippen LogP contribution in [0.2, 0.25) is 0 Å². The first kappa shape index (κ1) is 19.0. The Labute approximate surface area is 109 Å². The number of hydrogen-bond acceptors (Lipinski definition) is 1. The van der Waals surface area contributed by atoms with Crippen molar-refractivity contribution in [3.8, 4) is 0 Å². The van der Waals surface area contributed by atoms with Crippen LogP contribution in [-0.4, -0.2) is 5.78 Å². The number of unbranched alkanes of at least 4 members (excludes halogenated alkanes) is 9. The Morgan fingerprint density at radius 3 is 1.06 bits per heavy atom. The topological polar surface area (TPSA) is 17.1 Å². The van der Waals surface area contributed by atoms with Crippen LogP contribution < -0.4 is 0 Å². The predicted molar refractivity (Wildman–Crippen MR) is 78.5 cm³/mol. The van der Waals surface area contributed by atoms with E-state index in [1.165, 1.54) is 64.2 Å². The van der Waals surface area contributed by atoms with Gasteiger partial charge in [-0.25, -0.2) is 0 Å². The van der Waals surface area contributed by atoms with Crippen LogP contribution in [0.15, 0.2) is 0 Å². The molecule has 0 aliphatic heterocycles. The molecule has 0 heterocycles. The molecule has 0 saturated heterocycles. The molecule has 0 rings (SSSR count). The van der Waals surface area contributed by atoms with E-state index >= 15 is 0 Å². The number of hydrogen-bond donors (Lipinski definition) is 0. The van der Waals surface area contributed by atoms with Gasteiger partial charge in [0, 0.05) is 6.42 Å². The lowest BCUT2D eigenvalue weighted by Crippen LogP contribution is -1.80. The van der Waals surface area contributed by atoms with Crippen molar-refractivity contribution < 1.29 is 4.79 Å². The second-order valence-electron chi connectivity index (χ2n) is 4.88. The van der Waals surface area contributed by atoms with Crippen LogP contribution in [0.3, 0.4) is 0 Å². The van der Waals surface area contributed by atoms with Crippen molar-refractivity contribution in [1.29, 1.82) is 0 Å². The van der Waals surface area contributed by atoms with E-state index in [9.17, 15) is 4.79 Å². The summed E-state index contributed by atoms with van der Waals surface area (Å²) in [6.45, 7) is 7.99. The fourth-order valence-corrected chi connectivity index (χ4v) is 1.56. The van der Waals surface area contributed by atoms with Gasteiger partial charge in [-0.2, -0.15) is 0 Å². The van der Waals surface area contributed by atoms with Crippen molar-refractivity contribution in [1.82, 2.24) is 0 Å². The first-order valence-electron chi connectivity index (χ1n) is 7.68. The molecular weight excluding hydrogens is 208 g/mol. The Hall–Kier alpha value is -0.330. The Morgan fingerprint density at radius 2 is 0.882 bits per heavy atom. The third-order valence-corrected chi connectivity index (χ3v) is 2.95. The van der Waals surface area contributed by atoms with Gasteiger partial charge in [0.25, 0.3) is 0 Å². The van der Waals surface area contributed by atoms with Crippen molar-refractivity contribution in [2.45, 2.75) is 98.3 Å². The highest BCUT2D eigenvalue weighted by Crippen LogP contribution is 2.09. The van der Waals surface area contributed by atoms with E-state index in [0.29, 0.717) is 6.42 Å². The summed E-state index contributed by atoms with van der Waals surface area (Å²) < 4.78 is 0. The maximum Gasteiger partial charge on any atom is 0.129 e. The summed E-state index contributed by atoms with van der Waals surface area (Å²) >= 11 is 0. The number of carbonyl (C=O) groups excluding carboxylic acids is 1. The van der Waals surface area contributed by atoms with Gasteiger partial charge in [0.15, 0.2) is 0 Å². The Morgan fingerprint density at radius 1 is 0.647 bits per heavy atom. The second kappa shape index (κ2) is 18.0. The SMILES string of the molecule is CCC(C)=O.CCCCCCCCCCCC. The zero-order valence-corrected chi connectivity index (χ0v) is 12.7. The summed E-state index contributed by atoms with van der Waals surface area (Å²) in [4.78, 5) is 9.81. The first-order valence-corrected chi connectivity index (χ1v) is 7.68. The van der Waals surface area contributed by atoms with E-state index in [-0.39, 0.29) is 5.78 Å². The van der Waals surface area contributed by atoms with Crippen molar-refractivity contribution >= 4 is 5.78 Å². The molecule has 0 aromatic carbocycles. The third kappa shape index (κ3) is 25.7. The molecule has 0 saturated carbocycles. The van der Waals surface area contributed by atoms with Gasteiger partial charge in [-0.1, -0.05) is 85.0 Å². The maximum absolute atomic E-state index is 9.81. The van der Waals surface area contributed by atoms with Crippen LogP contribution in [0.1, 0.15) is 98.3 Å². The minimum absolute atomic E-state index is 0.255. The summed E-state index contributed by atoms with van der Waals surface area (Å²) in [7, 11) is 0. The van der Waals surface area contributed by atoms with E-state index in [1.54, 1.807) is 6.92 Å². The molecule has 0 spiro atoms. The minimum Gasteiger partial charge on any atom is -0.300 e. The third-order valence-electron chi connectivity index (χ3n) is 2.95. The molecule has 0 radical (unpaired) electrons. The lowest BCUT2D eigenvalue weighted by molar-refractivity contribution is -0.116. The Bertz CT molecular complexity index is 130. The Balaban J connectivity index is 0. The van der Waals surface area contributed by atoms with Crippen LogP contribution in [-0.2, 0) is 4.79 Å². The molecule has 0 N–H and O–H groups in total. The minimum atomic E-state index is 0.255. The van der Waals surface area contributed by atoms with Gasteiger partial charge < -0.3 is 4.79 Å². The van der Waals surface area contributed by atoms with Crippen LogP contribution in [0.5, 0.6) is 0 Å². The van der Waals surface area contributed by atoms with Gasteiger partial charge in [-0.05, 0) is 6.92 Å². The summed E-state index contributed by atoms with van der Waals surface area (Å²) in [6.07, 6.45) is 15.1. The fourth-order valence-electron chi connectivity index (χ4n) is 1.56. The molecule has 0 atom stereocenters. The average Bonchev–Trinajstić information content (AvgIpc) is 2.33. The van der Waals surface area contributed by atoms with E-state index in [2.05, 4.69) is 13.8 Å². The number of ketones is 1. The predicted octanol–water partition coefficient (Wildman–Crippen LogP) is 5.91. The largest absolute Gasteiger partial charge is 0.300 e. The van der Waals surface area contributed by atoms with Gasteiger partial charge in [-0.3, -0.25) is 0 Å². The van der Waals surface area contributed by atoms with Crippen LogP contribution in [0.4, 0.5) is 0 Å². The van der Waals surface area contributed by atoms with Crippen LogP contribution in [0.25, 0.3) is 0 Å². The molecule has 0 aromatic rings. The molecule has 0 fully saturated rings. The van der Waals surface area contributed by atoms with Gasteiger partial charge in [-0.15, -0.1) is 0 Å². The van der Waals surface area contributed by atoms with Crippen molar-refractivity contribution in [3.63, 3.8) is 0 Å². The molecule has 0 aliphatic rings. The van der Waals surface area contributed by atoms with Crippen molar-refractivity contribution in [2.24, 2.45) is 0 Å².